The molecule has 1 atom stereocenters. The Balaban J connectivity index is 1.69. The fourth-order valence-corrected chi connectivity index (χ4v) is 2.12. The van der Waals surface area contributed by atoms with Crippen molar-refractivity contribution in [2.45, 2.75) is 12.8 Å². The van der Waals surface area contributed by atoms with Crippen LogP contribution in [0.1, 0.15) is 12.8 Å². The van der Waals surface area contributed by atoms with Crippen LogP contribution >= 0.6 is 0 Å². The number of amides is 1. The van der Waals surface area contributed by atoms with E-state index in [0.29, 0.717) is 26.1 Å². The number of ether oxygens (including phenoxy) is 1. The third-order valence-electron chi connectivity index (χ3n) is 3.15. The molecule has 5 heteroatoms. The quantitative estimate of drug-likeness (QED) is 0.788. The fourth-order valence-electron chi connectivity index (χ4n) is 2.12. The van der Waals surface area contributed by atoms with E-state index in [1.165, 1.54) is 0 Å². The molecule has 1 aromatic rings. The van der Waals surface area contributed by atoms with Crippen molar-refractivity contribution in [3.8, 4) is 5.75 Å². The first kappa shape index (κ1) is 13.4. The van der Waals surface area contributed by atoms with Gasteiger partial charge in [0.15, 0.2) is 0 Å². The summed E-state index contributed by atoms with van der Waals surface area (Å²) in [6.45, 7) is 1.39. The molecule has 5 nitrogen and oxygen atoms in total. The lowest BCUT2D eigenvalue weighted by molar-refractivity contribution is -0.141. The first-order valence-corrected chi connectivity index (χ1v) is 6.35. The summed E-state index contributed by atoms with van der Waals surface area (Å²) in [5.41, 5.74) is 0. The Labute approximate surface area is 111 Å². The van der Waals surface area contributed by atoms with E-state index in [2.05, 4.69) is 0 Å². The fraction of sp³-hybridized carbons (Fsp3) is 0.429. The molecular formula is C14H17NO4. The minimum absolute atomic E-state index is 0.0767. The molecule has 1 amide bonds. The highest BCUT2D eigenvalue weighted by Gasteiger charge is 2.33. The summed E-state index contributed by atoms with van der Waals surface area (Å²) in [5, 5.41) is 8.87. The Hall–Kier alpha value is -2.04. The maximum Gasteiger partial charge on any atom is 0.308 e. The molecule has 0 aromatic heterocycles. The number of hydrogen-bond donors (Lipinski definition) is 1. The SMILES string of the molecule is O=C(O)C1CC(=O)N(CCCOc2ccccc2)C1. The van der Waals surface area contributed by atoms with Gasteiger partial charge in [-0.15, -0.1) is 0 Å². The predicted molar refractivity (Wildman–Crippen MR) is 68.9 cm³/mol. The first-order chi connectivity index (χ1) is 9.16. The van der Waals surface area contributed by atoms with Crippen molar-refractivity contribution < 1.29 is 19.4 Å². The van der Waals surface area contributed by atoms with E-state index in [4.69, 9.17) is 9.84 Å². The van der Waals surface area contributed by atoms with Crippen LogP contribution in [0.15, 0.2) is 30.3 Å². The number of hydrogen-bond acceptors (Lipinski definition) is 3. The lowest BCUT2D eigenvalue weighted by Gasteiger charge is -2.15. The molecule has 1 heterocycles. The molecule has 1 fully saturated rings. The molecule has 0 saturated carbocycles. The van der Waals surface area contributed by atoms with Gasteiger partial charge >= 0.3 is 5.97 Å². The molecule has 1 unspecified atom stereocenters. The van der Waals surface area contributed by atoms with E-state index in [-0.39, 0.29) is 12.3 Å². The average molecular weight is 263 g/mol. The lowest BCUT2D eigenvalue weighted by atomic mass is 10.1. The van der Waals surface area contributed by atoms with Crippen LogP contribution in [0.5, 0.6) is 5.75 Å². The van der Waals surface area contributed by atoms with Gasteiger partial charge in [0.05, 0.1) is 12.5 Å². The second-order valence-corrected chi connectivity index (χ2v) is 4.59. The smallest absolute Gasteiger partial charge is 0.308 e. The molecule has 0 radical (unpaired) electrons. The molecule has 0 spiro atoms. The Kier molecular flexibility index (Phi) is 4.39. The second kappa shape index (κ2) is 6.22. The van der Waals surface area contributed by atoms with Crippen LogP contribution < -0.4 is 4.74 Å². The van der Waals surface area contributed by atoms with E-state index in [1.54, 1.807) is 4.90 Å². The molecule has 19 heavy (non-hydrogen) atoms. The number of carbonyl (C=O) groups is 2. The molecule has 102 valence electrons. The molecular weight excluding hydrogens is 246 g/mol. The topological polar surface area (TPSA) is 66.8 Å². The minimum Gasteiger partial charge on any atom is -0.494 e. The van der Waals surface area contributed by atoms with Crippen molar-refractivity contribution in [1.29, 1.82) is 0 Å². The number of carboxylic acid groups (broad SMARTS) is 1. The third kappa shape index (κ3) is 3.71. The summed E-state index contributed by atoms with van der Waals surface area (Å²) < 4.78 is 5.52. The molecule has 2 rings (SSSR count). The van der Waals surface area contributed by atoms with Crippen LogP contribution in [0, 0.1) is 5.92 Å². The van der Waals surface area contributed by atoms with Crippen molar-refractivity contribution in [3.63, 3.8) is 0 Å². The summed E-state index contributed by atoms with van der Waals surface area (Å²) in [4.78, 5) is 24.0. The predicted octanol–water partition coefficient (Wildman–Crippen LogP) is 1.39. The van der Waals surface area contributed by atoms with Gasteiger partial charge in [-0.25, -0.2) is 0 Å². The van der Waals surface area contributed by atoms with Crippen molar-refractivity contribution in [2.24, 2.45) is 5.92 Å². The van der Waals surface area contributed by atoms with E-state index in [0.717, 1.165) is 5.75 Å². The molecule has 1 saturated heterocycles. The van der Waals surface area contributed by atoms with Gasteiger partial charge in [0.2, 0.25) is 5.91 Å². The van der Waals surface area contributed by atoms with Gasteiger partial charge in [0, 0.05) is 19.5 Å². The number of nitrogens with zero attached hydrogens (tertiary/aromatic N) is 1. The van der Waals surface area contributed by atoms with Crippen LogP contribution in [0.4, 0.5) is 0 Å². The largest absolute Gasteiger partial charge is 0.494 e. The Morgan fingerprint density at radius 1 is 1.37 bits per heavy atom. The molecule has 1 N–H and O–H groups in total. The Bertz CT molecular complexity index is 446. The normalized spacial score (nSPS) is 18.6. The molecule has 1 aliphatic rings. The van der Waals surface area contributed by atoms with Gasteiger partial charge in [-0.2, -0.15) is 0 Å². The van der Waals surface area contributed by atoms with Gasteiger partial charge in [-0.3, -0.25) is 9.59 Å². The zero-order valence-corrected chi connectivity index (χ0v) is 10.6. The van der Waals surface area contributed by atoms with Gasteiger partial charge in [-0.05, 0) is 18.6 Å². The highest BCUT2D eigenvalue weighted by molar-refractivity contribution is 5.86. The molecule has 1 aromatic carbocycles. The number of carboxylic acids is 1. The van der Waals surface area contributed by atoms with E-state index >= 15 is 0 Å². The maximum absolute atomic E-state index is 11.6. The summed E-state index contributed by atoms with van der Waals surface area (Å²) in [6.07, 6.45) is 0.821. The number of rotatable bonds is 6. The minimum atomic E-state index is -0.892. The van der Waals surface area contributed by atoms with Crippen LogP contribution in [0.25, 0.3) is 0 Å². The number of likely N-dealkylation sites (tertiary alicyclic amines) is 1. The van der Waals surface area contributed by atoms with Crippen LogP contribution in [-0.2, 0) is 9.59 Å². The number of benzene rings is 1. The second-order valence-electron chi connectivity index (χ2n) is 4.59. The van der Waals surface area contributed by atoms with Gasteiger partial charge in [-0.1, -0.05) is 18.2 Å². The highest BCUT2D eigenvalue weighted by Crippen LogP contribution is 2.18. The van der Waals surface area contributed by atoms with E-state index in [1.807, 2.05) is 30.3 Å². The zero-order valence-electron chi connectivity index (χ0n) is 10.6. The average Bonchev–Trinajstić information content (AvgIpc) is 2.78. The number of para-hydroxylation sites is 1. The standard InChI is InChI=1S/C14H17NO4/c16-13-9-11(14(17)18)10-15(13)7-4-8-19-12-5-2-1-3-6-12/h1-3,5-6,11H,4,7-10H2,(H,17,18). The van der Waals surface area contributed by atoms with Gasteiger partial charge < -0.3 is 14.7 Å². The highest BCUT2D eigenvalue weighted by atomic mass is 16.5. The number of carbonyl (C=O) groups excluding carboxylic acids is 1. The molecule has 0 bridgehead atoms. The lowest BCUT2D eigenvalue weighted by Crippen LogP contribution is -2.28. The zero-order chi connectivity index (χ0) is 13.7. The van der Waals surface area contributed by atoms with E-state index < -0.39 is 11.9 Å². The van der Waals surface area contributed by atoms with Crippen molar-refractivity contribution in [1.82, 2.24) is 4.90 Å². The van der Waals surface area contributed by atoms with Gasteiger partial charge in [0.25, 0.3) is 0 Å². The summed E-state index contributed by atoms with van der Waals surface area (Å²) in [7, 11) is 0. The van der Waals surface area contributed by atoms with Gasteiger partial charge in [0.1, 0.15) is 5.75 Å². The molecule has 1 aliphatic heterocycles. The van der Waals surface area contributed by atoms with Crippen molar-refractivity contribution >= 4 is 11.9 Å². The summed E-state index contributed by atoms with van der Waals surface area (Å²) in [6, 6.07) is 9.47. The van der Waals surface area contributed by atoms with E-state index in [9.17, 15) is 9.59 Å². The van der Waals surface area contributed by atoms with Crippen molar-refractivity contribution in [3.05, 3.63) is 30.3 Å². The summed E-state index contributed by atoms with van der Waals surface area (Å²) >= 11 is 0. The van der Waals surface area contributed by atoms with Crippen LogP contribution in [0.3, 0.4) is 0 Å². The summed E-state index contributed by atoms with van der Waals surface area (Å²) in [5.74, 6) is -0.718. The third-order valence-corrected chi connectivity index (χ3v) is 3.15. The van der Waals surface area contributed by atoms with Crippen LogP contribution in [0.2, 0.25) is 0 Å². The van der Waals surface area contributed by atoms with Crippen LogP contribution in [-0.4, -0.2) is 41.6 Å². The maximum atomic E-state index is 11.6. The number of aliphatic carboxylic acids is 1. The monoisotopic (exact) mass is 263 g/mol. The Morgan fingerprint density at radius 2 is 2.11 bits per heavy atom. The van der Waals surface area contributed by atoms with Crippen molar-refractivity contribution in [2.75, 3.05) is 19.7 Å². The first-order valence-electron chi connectivity index (χ1n) is 6.35. The molecule has 0 aliphatic carbocycles. The Morgan fingerprint density at radius 3 is 2.74 bits per heavy atom.